The van der Waals surface area contributed by atoms with E-state index in [1.54, 1.807) is 11.3 Å². The number of aromatic nitrogens is 1. The van der Waals surface area contributed by atoms with E-state index >= 15 is 0 Å². The van der Waals surface area contributed by atoms with E-state index in [9.17, 15) is 4.79 Å². The normalized spacial score (nSPS) is 12.4. The molecule has 0 saturated carbocycles. The second-order valence-electron chi connectivity index (χ2n) is 3.60. The van der Waals surface area contributed by atoms with Crippen LogP contribution in [0.1, 0.15) is 42.6 Å². The summed E-state index contributed by atoms with van der Waals surface area (Å²) in [5, 5.41) is 3.89. The number of hydrogen-bond donors (Lipinski definition) is 1. The molecule has 1 N–H and O–H groups in total. The van der Waals surface area contributed by atoms with Gasteiger partial charge in [0.2, 0.25) is 5.91 Å². The Kier molecular flexibility index (Phi) is 5.77. The van der Waals surface area contributed by atoms with Crippen molar-refractivity contribution in [3.05, 3.63) is 16.1 Å². The number of thiazole rings is 1. The van der Waals surface area contributed by atoms with Gasteiger partial charge < -0.3 is 5.32 Å². The second-order valence-corrected chi connectivity index (χ2v) is 5.12. The summed E-state index contributed by atoms with van der Waals surface area (Å²) in [7, 11) is 0. The predicted molar refractivity (Wildman–Crippen MR) is 68.0 cm³/mol. The quantitative estimate of drug-likeness (QED) is 0.799. The Morgan fingerprint density at radius 3 is 3.00 bits per heavy atom. The number of carbonyl (C=O) groups is 1. The number of halogens is 1. The van der Waals surface area contributed by atoms with Gasteiger partial charge in [-0.05, 0) is 19.8 Å². The zero-order valence-corrected chi connectivity index (χ0v) is 11.2. The van der Waals surface area contributed by atoms with E-state index in [-0.39, 0.29) is 11.9 Å². The first kappa shape index (κ1) is 13.5. The number of rotatable bonds is 6. The molecule has 1 unspecified atom stereocenters. The topological polar surface area (TPSA) is 42.0 Å². The third-order valence-electron chi connectivity index (χ3n) is 2.21. The highest BCUT2D eigenvalue weighted by Gasteiger charge is 2.12. The molecule has 1 rings (SSSR count). The standard InChI is InChI=1S/C11H17ClN2OS/c1-3-9-7-13-11(16-9)8(2)14-10(15)5-4-6-12/h7-8H,3-6H2,1-2H3,(H,14,15). The minimum atomic E-state index is -0.00637. The van der Waals surface area contributed by atoms with Crippen LogP contribution in [0.2, 0.25) is 0 Å². The van der Waals surface area contributed by atoms with Gasteiger partial charge >= 0.3 is 0 Å². The Labute approximate surface area is 105 Å². The van der Waals surface area contributed by atoms with Crippen LogP contribution in [0.4, 0.5) is 0 Å². The molecule has 0 spiro atoms. The van der Waals surface area contributed by atoms with Gasteiger partial charge in [0.15, 0.2) is 0 Å². The number of nitrogens with zero attached hydrogens (tertiary/aromatic N) is 1. The summed E-state index contributed by atoms with van der Waals surface area (Å²) in [6.07, 6.45) is 4.07. The maximum atomic E-state index is 11.5. The molecule has 0 bridgehead atoms. The van der Waals surface area contributed by atoms with Crippen molar-refractivity contribution in [3.63, 3.8) is 0 Å². The second kappa shape index (κ2) is 6.86. The van der Waals surface area contributed by atoms with Crippen LogP contribution < -0.4 is 5.32 Å². The molecule has 1 aromatic rings. The van der Waals surface area contributed by atoms with E-state index in [4.69, 9.17) is 11.6 Å². The first-order valence-electron chi connectivity index (χ1n) is 5.47. The summed E-state index contributed by atoms with van der Waals surface area (Å²) in [5.74, 6) is 0.570. The van der Waals surface area contributed by atoms with E-state index in [0.29, 0.717) is 12.3 Å². The van der Waals surface area contributed by atoms with Crippen LogP contribution in [0.3, 0.4) is 0 Å². The lowest BCUT2D eigenvalue weighted by molar-refractivity contribution is -0.121. The summed E-state index contributed by atoms with van der Waals surface area (Å²) >= 11 is 7.19. The van der Waals surface area contributed by atoms with Gasteiger partial charge in [0.05, 0.1) is 6.04 Å². The molecule has 1 heterocycles. The van der Waals surface area contributed by atoms with Crippen molar-refractivity contribution in [3.8, 4) is 0 Å². The Morgan fingerprint density at radius 1 is 1.69 bits per heavy atom. The fraction of sp³-hybridized carbons (Fsp3) is 0.636. The van der Waals surface area contributed by atoms with Crippen molar-refractivity contribution in [1.82, 2.24) is 10.3 Å². The van der Waals surface area contributed by atoms with E-state index in [1.807, 2.05) is 13.1 Å². The molecule has 0 aliphatic rings. The Bertz CT molecular complexity index is 340. The van der Waals surface area contributed by atoms with Crippen LogP contribution in [0.15, 0.2) is 6.20 Å². The van der Waals surface area contributed by atoms with Crippen molar-refractivity contribution < 1.29 is 4.79 Å². The maximum absolute atomic E-state index is 11.5. The van der Waals surface area contributed by atoms with Crippen molar-refractivity contribution in [2.75, 3.05) is 5.88 Å². The SMILES string of the molecule is CCc1cnc(C(C)NC(=O)CCCCl)s1. The molecule has 1 aromatic heterocycles. The van der Waals surface area contributed by atoms with Crippen LogP contribution in [0.5, 0.6) is 0 Å². The van der Waals surface area contributed by atoms with E-state index in [0.717, 1.165) is 17.8 Å². The lowest BCUT2D eigenvalue weighted by Gasteiger charge is -2.10. The average Bonchev–Trinajstić information content (AvgIpc) is 2.74. The summed E-state index contributed by atoms with van der Waals surface area (Å²) in [4.78, 5) is 17.0. The number of nitrogens with one attached hydrogen (secondary N) is 1. The van der Waals surface area contributed by atoms with Crippen molar-refractivity contribution >= 4 is 28.8 Å². The molecular weight excluding hydrogens is 244 g/mol. The zero-order chi connectivity index (χ0) is 12.0. The van der Waals surface area contributed by atoms with Crippen molar-refractivity contribution in [2.45, 2.75) is 39.2 Å². The number of aryl methyl sites for hydroxylation is 1. The first-order valence-corrected chi connectivity index (χ1v) is 6.82. The molecule has 1 atom stereocenters. The van der Waals surface area contributed by atoms with Gasteiger partial charge in [0, 0.05) is 23.4 Å². The van der Waals surface area contributed by atoms with Crippen LogP contribution in [0, 0.1) is 0 Å². The Hall–Kier alpha value is -0.610. The van der Waals surface area contributed by atoms with Crippen LogP contribution in [-0.4, -0.2) is 16.8 Å². The van der Waals surface area contributed by atoms with Gasteiger partial charge in [0.1, 0.15) is 5.01 Å². The lowest BCUT2D eigenvalue weighted by atomic mass is 10.3. The zero-order valence-electron chi connectivity index (χ0n) is 9.62. The molecule has 0 aliphatic carbocycles. The van der Waals surface area contributed by atoms with E-state index < -0.39 is 0 Å². The molecule has 90 valence electrons. The van der Waals surface area contributed by atoms with Gasteiger partial charge in [-0.15, -0.1) is 22.9 Å². The summed E-state index contributed by atoms with van der Waals surface area (Å²) in [6.45, 7) is 4.05. The molecule has 0 aromatic carbocycles. The van der Waals surface area contributed by atoms with Crippen LogP contribution in [-0.2, 0) is 11.2 Å². The fourth-order valence-corrected chi connectivity index (χ4v) is 2.28. The van der Waals surface area contributed by atoms with Crippen LogP contribution >= 0.6 is 22.9 Å². The predicted octanol–water partition coefficient (Wildman–Crippen LogP) is 2.90. The van der Waals surface area contributed by atoms with Crippen molar-refractivity contribution in [1.29, 1.82) is 0 Å². The molecular formula is C11H17ClN2OS. The smallest absolute Gasteiger partial charge is 0.220 e. The van der Waals surface area contributed by atoms with E-state index in [2.05, 4.69) is 17.2 Å². The molecule has 16 heavy (non-hydrogen) atoms. The molecule has 0 saturated heterocycles. The van der Waals surface area contributed by atoms with Gasteiger partial charge in [-0.1, -0.05) is 6.92 Å². The number of alkyl halides is 1. The summed E-state index contributed by atoms with van der Waals surface area (Å²) in [5.41, 5.74) is 0. The number of amides is 1. The highest BCUT2D eigenvalue weighted by molar-refractivity contribution is 7.11. The van der Waals surface area contributed by atoms with Gasteiger partial charge in [-0.2, -0.15) is 0 Å². The lowest BCUT2D eigenvalue weighted by Crippen LogP contribution is -2.26. The average molecular weight is 261 g/mol. The minimum absolute atomic E-state index is 0.00637. The fourth-order valence-electron chi connectivity index (χ4n) is 1.29. The third-order valence-corrected chi connectivity index (χ3v) is 3.80. The minimum Gasteiger partial charge on any atom is -0.347 e. The first-order chi connectivity index (χ1) is 7.67. The molecule has 0 fully saturated rings. The van der Waals surface area contributed by atoms with Gasteiger partial charge in [0.25, 0.3) is 0 Å². The Morgan fingerprint density at radius 2 is 2.44 bits per heavy atom. The van der Waals surface area contributed by atoms with Gasteiger partial charge in [-0.3, -0.25) is 4.79 Å². The maximum Gasteiger partial charge on any atom is 0.220 e. The number of carbonyl (C=O) groups excluding carboxylic acids is 1. The Balaban J connectivity index is 2.45. The van der Waals surface area contributed by atoms with Crippen LogP contribution in [0.25, 0.3) is 0 Å². The monoisotopic (exact) mass is 260 g/mol. The van der Waals surface area contributed by atoms with Crippen molar-refractivity contribution in [2.24, 2.45) is 0 Å². The molecule has 0 radical (unpaired) electrons. The third kappa shape index (κ3) is 4.10. The largest absolute Gasteiger partial charge is 0.347 e. The molecule has 3 nitrogen and oxygen atoms in total. The van der Waals surface area contributed by atoms with Gasteiger partial charge in [-0.25, -0.2) is 4.98 Å². The van der Waals surface area contributed by atoms with E-state index in [1.165, 1.54) is 4.88 Å². The molecule has 1 amide bonds. The molecule has 5 heteroatoms. The summed E-state index contributed by atoms with van der Waals surface area (Å²) in [6, 6.07) is -0.00637. The number of hydrogen-bond acceptors (Lipinski definition) is 3. The molecule has 0 aliphatic heterocycles. The highest BCUT2D eigenvalue weighted by atomic mass is 35.5. The highest BCUT2D eigenvalue weighted by Crippen LogP contribution is 2.20. The summed E-state index contributed by atoms with van der Waals surface area (Å²) < 4.78 is 0.